The molecule has 0 spiro atoms. The molecule has 0 aromatic carbocycles. The predicted molar refractivity (Wildman–Crippen MR) is 77.2 cm³/mol. The van der Waals surface area contributed by atoms with Crippen LogP contribution in [-0.2, 0) is 18.0 Å². The fourth-order valence-corrected chi connectivity index (χ4v) is 2.26. The standard InChI is InChI=1S/C10H24O3Si.C3H6O2/c1-5-6-7-8-9-10-13-14(4,11-2)12-3;4-1-3-2-5-3/h5-10H2,1-4H3;3-4H,1-2H2. The van der Waals surface area contributed by atoms with Crippen LogP contribution in [0.5, 0.6) is 0 Å². The molecule has 1 atom stereocenters. The average Bonchev–Trinajstić information content (AvgIpc) is 3.27. The Morgan fingerprint density at radius 3 is 2.11 bits per heavy atom. The minimum atomic E-state index is -2.27. The Morgan fingerprint density at radius 2 is 1.74 bits per heavy atom. The number of unbranched alkanes of at least 4 members (excludes halogenated alkanes) is 4. The molecule has 0 aromatic rings. The second-order valence-electron chi connectivity index (χ2n) is 4.67. The van der Waals surface area contributed by atoms with Crippen molar-refractivity contribution in [3.05, 3.63) is 0 Å². The fourth-order valence-electron chi connectivity index (χ4n) is 1.34. The number of aliphatic hydroxyl groups is 1. The number of rotatable bonds is 10. The summed E-state index contributed by atoms with van der Waals surface area (Å²) in [6.07, 6.45) is 6.45. The summed E-state index contributed by atoms with van der Waals surface area (Å²) in [6, 6.07) is 0. The van der Waals surface area contributed by atoms with Crippen molar-refractivity contribution in [2.24, 2.45) is 0 Å². The zero-order valence-electron chi connectivity index (χ0n) is 12.8. The first-order valence-electron chi connectivity index (χ1n) is 7.08. The molecule has 1 saturated heterocycles. The van der Waals surface area contributed by atoms with Crippen molar-refractivity contribution in [2.75, 3.05) is 34.0 Å². The van der Waals surface area contributed by atoms with Crippen LogP contribution in [0, 0.1) is 0 Å². The second-order valence-corrected chi connectivity index (χ2v) is 7.50. The Kier molecular flexibility index (Phi) is 11.8. The molecule has 6 heteroatoms. The van der Waals surface area contributed by atoms with Gasteiger partial charge in [-0.25, -0.2) is 0 Å². The molecule has 0 aliphatic carbocycles. The van der Waals surface area contributed by atoms with Gasteiger partial charge in [0.2, 0.25) is 0 Å². The van der Waals surface area contributed by atoms with Crippen LogP contribution in [0.15, 0.2) is 0 Å². The van der Waals surface area contributed by atoms with E-state index in [0.29, 0.717) is 0 Å². The molecule has 0 bridgehead atoms. The third kappa shape index (κ3) is 11.5. The van der Waals surface area contributed by atoms with Crippen LogP contribution in [0.2, 0.25) is 6.55 Å². The largest absolute Gasteiger partial charge is 0.497 e. The molecule has 1 fully saturated rings. The highest BCUT2D eigenvalue weighted by molar-refractivity contribution is 6.59. The van der Waals surface area contributed by atoms with Crippen LogP contribution in [-0.4, -0.2) is 54.1 Å². The number of hydrogen-bond donors (Lipinski definition) is 1. The first kappa shape index (κ1) is 19.0. The summed E-state index contributed by atoms with van der Waals surface area (Å²) >= 11 is 0. The van der Waals surface area contributed by atoms with E-state index in [-0.39, 0.29) is 12.7 Å². The lowest BCUT2D eigenvalue weighted by Gasteiger charge is -2.21. The molecule has 116 valence electrons. The normalized spacial score (nSPS) is 17.8. The summed E-state index contributed by atoms with van der Waals surface area (Å²) < 4.78 is 20.6. The van der Waals surface area contributed by atoms with E-state index in [1.807, 2.05) is 6.55 Å². The van der Waals surface area contributed by atoms with Crippen LogP contribution in [0.4, 0.5) is 0 Å². The SMILES string of the molecule is CCCCCCCO[Si](C)(OC)OC.OCC1CO1. The van der Waals surface area contributed by atoms with E-state index in [4.69, 9.17) is 18.4 Å². The van der Waals surface area contributed by atoms with E-state index in [9.17, 15) is 0 Å². The summed E-state index contributed by atoms with van der Waals surface area (Å²) in [7, 11) is 1.03. The summed E-state index contributed by atoms with van der Waals surface area (Å²) in [5.41, 5.74) is 0. The number of aliphatic hydroxyl groups excluding tert-OH is 1. The van der Waals surface area contributed by atoms with Gasteiger partial charge in [-0.2, -0.15) is 0 Å². The highest BCUT2D eigenvalue weighted by Crippen LogP contribution is 2.09. The lowest BCUT2D eigenvalue weighted by molar-refractivity contribution is 0.104. The molecule has 1 aliphatic rings. The van der Waals surface area contributed by atoms with E-state index >= 15 is 0 Å². The molecule has 5 nitrogen and oxygen atoms in total. The maximum atomic E-state index is 8.08. The second kappa shape index (κ2) is 11.8. The molecule has 0 radical (unpaired) electrons. The van der Waals surface area contributed by atoms with E-state index in [2.05, 4.69) is 11.7 Å². The average molecular weight is 294 g/mol. The van der Waals surface area contributed by atoms with Gasteiger partial charge in [0.1, 0.15) is 6.10 Å². The van der Waals surface area contributed by atoms with Crippen molar-refractivity contribution < 1.29 is 23.1 Å². The van der Waals surface area contributed by atoms with Gasteiger partial charge < -0.3 is 23.1 Å². The Hall–Kier alpha value is 0.0169. The van der Waals surface area contributed by atoms with Crippen molar-refractivity contribution in [2.45, 2.75) is 51.7 Å². The van der Waals surface area contributed by atoms with Gasteiger partial charge in [0, 0.05) is 27.4 Å². The molecule has 0 saturated carbocycles. The fraction of sp³-hybridized carbons (Fsp3) is 1.00. The van der Waals surface area contributed by atoms with Crippen molar-refractivity contribution in [1.82, 2.24) is 0 Å². The molecule has 1 N–H and O–H groups in total. The Bertz CT molecular complexity index is 195. The monoisotopic (exact) mass is 294 g/mol. The molecular formula is C13H30O5Si. The molecule has 1 unspecified atom stereocenters. The van der Waals surface area contributed by atoms with Crippen LogP contribution < -0.4 is 0 Å². The Balaban J connectivity index is 0.000000532. The van der Waals surface area contributed by atoms with Gasteiger partial charge in [0.25, 0.3) is 0 Å². The Morgan fingerprint density at radius 1 is 1.16 bits per heavy atom. The van der Waals surface area contributed by atoms with Crippen molar-refractivity contribution in [3.8, 4) is 0 Å². The molecular weight excluding hydrogens is 264 g/mol. The van der Waals surface area contributed by atoms with Crippen LogP contribution in [0.25, 0.3) is 0 Å². The summed E-state index contributed by atoms with van der Waals surface area (Å²) in [6.45, 7) is 5.85. The van der Waals surface area contributed by atoms with Crippen LogP contribution >= 0.6 is 0 Å². The van der Waals surface area contributed by atoms with Crippen molar-refractivity contribution >= 4 is 8.80 Å². The first-order valence-corrected chi connectivity index (χ1v) is 9.31. The van der Waals surface area contributed by atoms with Gasteiger partial charge in [-0.3, -0.25) is 0 Å². The lowest BCUT2D eigenvalue weighted by atomic mass is 10.2. The summed E-state index contributed by atoms with van der Waals surface area (Å²) in [5, 5.41) is 8.08. The minimum Gasteiger partial charge on any atom is -0.394 e. The highest BCUT2D eigenvalue weighted by Gasteiger charge is 2.31. The van der Waals surface area contributed by atoms with Gasteiger partial charge in [-0.05, 0) is 6.42 Å². The van der Waals surface area contributed by atoms with E-state index in [1.54, 1.807) is 14.2 Å². The van der Waals surface area contributed by atoms with Gasteiger partial charge in [-0.15, -0.1) is 0 Å². The topological polar surface area (TPSA) is 60.5 Å². The first-order chi connectivity index (χ1) is 9.11. The lowest BCUT2D eigenvalue weighted by Crippen LogP contribution is -2.40. The Labute approximate surface area is 118 Å². The predicted octanol–water partition coefficient (Wildman–Crippen LogP) is 2.21. The van der Waals surface area contributed by atoms with Crippen molar-refractivity contribution in [3.63, 3.8) is 0 Å². The molecule has 1 aliphatic heterocycles. The number of hydrogen-bond acceptors (Lipinski definition) is 5. The van der Waals surface area contributed by atoms with Crippen molar-refractivity contribution in [1.29, 1.82) is 0 Å². The molecule has 1 heterocycles. The van der Waals surface area contributed by atoms with Crippen LogP contribution in [0.1, 0.15) is 39.0 Å². The van der Waals surface area contributed by atoms with Gasteiger partial charge in [0.15, 0.2) is 0 Å². The summed E-state index contributed by atoms with van der Waals surface area (Å²) in [5.74, 6) is 0. The number of ether oxygens (including phenoxy) is 1. The smallest absolute Gasteiger partial charge is 0.394 e. The molecule has 0 aromatic heterocycles. The van der Waals surface area contributed by atoms with Gasteiger partial charge >= 0.3 is 8.80 Å². The third-order valence-electron chi connectivity index (χ3n) is 2.96. The quantitative estimate of drug-likeness (QED) is 0.380. The molecule has 1 rings (SSSR count). The minimum absolute atomic E-state index is 0.190. The van der Waals surface area contributed by atoms with E-state index in [1.165, 1.54) is 25.7 Å². The van der Waals surface area contributed by atoms with Gasteiger partial charge in [-0.1, -0.05) is 32.6 Å². The zero-order valence-corrected chi connectivity index (χ0v) is 13.8. The van der Waals surface area contributed by atoms with Gasteiger partial charge in [0.05, 0.1) is 13.2 Å². The summed E-state index contributed by atoms with van der Waals surface area (Å²) in [4.78, 5) is 0. The van der Waals surface area contributed by atoms with E-state index < -0.39 is 8.80 Å². The maximum Gasteiger partial charge on any atom is 0.497 e. The maximum absolute atomic E-state index is 8.08. The van der Waals surface area contributed by atoms with E-state index in [0.717, 1.165) is 19.6 Å². The highest BCUT2D eigenvalue weighted by atomic mass is 28.4. The third-order valence-corrected chi connectivity index (χ3v) is 5.17. The molecule has 19 heavy (non-hydrogen) atoms. The zero-order chi connectivity index (χ0) is 14.6. The number of epoxide rings is 1. The molecule has 0 amide bonds. The van der Waals surface area contributed by atoms with Crippen LogP contribution in [0.3, 0.4) is 0 Å².